The zero-order valence-electron chi connectivity index (χ0n) is 9.14. The summed E-state index contributed by atoms with van der Waals surface area (Å²) in [6, 6.07) is 3.32. The maximum Gasteiger partial charge on any atom is 0.306 e. The fourth-order valence-electron chi connectivity index (χ4n) is 1.65. The largest absolute Gasteiger partial charge is 0.326 e. The number of nitrogens with one attached hydrogen (secondary N) is 1. The zero-order valence-corrected chi connectivity index (χ0v) is 9.14. The van der Waals surface area contributed by atoms with Gasteiger partial charge in [-0.25, -0.2) is 0 Å². The summed E-state index contributed by atoms with van der Waals surface area (Å²) in [5.41, 5.74) is -0.381. The monoisotopic (exact) mass is 238 g/mol. The number of anilines is 1. The first-order valence-corrected chi connectivity index (χ1v) is 5.24. The maximum absolute atomic E-state index is 13.0. The van der Waals surface area contributed by atoms with Crippen molar-refractivity contribution in [2.75, 3.05) is 5.32 Å². The predicted octanol–water partition coefficient (Wildman–Crippen LogP) is 2.33. The van der Waals surface area contributed by atoms with Crippen LogP contribution >= 0.6 is 0 Å². The summed E-state index contributed by atoms with van der Waals surface area (Å²) in [5, 5.41) is 13.1. The van der Waals surface area contributed by atoms with Crippen molar-refractivity contribution in [1.29, 1.82) is 0 Å². The Balaban J connectivity index is 2.14. The molecule has 1 aliphatic rings. The smallest absolute Gasteiger partial charge is 0.306 e. The Bertz CT molecular complexity index is 490. The summed E-state index contributed by atoms with van der Waals surface area (Å²) in [4.78, 5) is 21.3. The Morgan fingerprint density at radius 3 is 2.76 bits per heavy atom. The van der Waals surface area contributed by atoms with E-state index in [0.29, 0.717) is 5.92 Å². The number of nitrogens with zero attached hydrogens (tertiary/aromatic N) is 1. The molecule has 0 spiro atoms. The van der Waals surface area contributed by atoms with Gasteiger partial charge in [0.1, 0.15) is 0 Å². The lowest BCUT2D eigenvalue weighted by molar-refractivity contribution is -0.387. The minimum Gasteiger partial charge on any atom is -0.326 e. The summed E-state index contributed by atoms with van der Waals surface area (Å²) in [6.07, 6.45) is 0.828. The van der Waals surface area contributed by atoms with Crippen molar-refractivity contribution in [3.8, 4) is 0 Å². The average molecular weight is 238 g/mol. The van der Waals surface area contributed by atoms with Crippen molar-refractivity contribution in [3.63, 3.8) is 0 Å². The van der Waals surface area contributed by atoms with Crippen LogP contribution in [0, 0.1) is 27.8 Å². The van der Waals surface area contributed by atoms with E-state index in [-0.39, 0.29) is 17.5 Å². The third kappa shape index (κ3) is 2.41. The Hall–Kier alpha value is -1.98. The van der Waals surface area contributed by atoms with Gasteiger partial charge in [0.2, 0.25) is 11.7 Å². The Morgan fingerprint density at radius 1 is 1.59 bits per heavy atom. The van der Waals surface area contributed by atoms with Gasteiger partial charge in [-0.15, -0.1) is 0 Å². The number of carbonyl (C=O) groups excluding carboxylic acids is 1. The number of amides is 1. The van der Waals surface area contributed by atoms with Gasteiger partial charge < -0.3 is 5.32 Å². The molecule has 6 heteroatoms. The van der Waals surface area contributed by atoms with Crippen LogP contribution in [0.25, 0.3) is 0 Å². The van der Waals surface area contributed by atoms with Crippen LogP contribution in [0.4, 0.5) is 15.8 Å². The van der Waals surface area contributed by atoms with Crippen molar-refractivity contribution in [3.05, 3.63) is 34.1 Å². The van der Waals surface area contributed by atoms with Crippen molar-refractivity contribution < 1.29 is 14.1 Å². The first-order chi connectivity index (χ1) is 7.99. The molecule has 0 radical (unpaired) electrons. The number of benzene rings is 1. The number of carbonyl (C=O) groups is 1. The molecule has 1 amide bonds. The van der Waals surface area contributed by atoms with Gasteiger partial charge in [0.15, 0.2) is 0 Å². The van der Waals surface area contributed by atoms with Crippen LogP contribution in [0.3, 0.4) is 0 Å². The van der Waals surface area contributed by atoms with Gasteiger partial charge in [0, 0.05) is 17.7 Å². The van der Waals surface area contributed by atoms with Crippen LogP contribution in [-0.2, 0) is 4.79 Å². The number of hydrogen-bond acceptors (Lipinski definition) is 3. The second kappa shape index (κ2) is 4.12. The summed E-state index contributed by atoms with van der Waals surface area (Å²) in [7, 11) is 0. The average Bonchev–Trinajstić information content (AvgIpc) is 2.98. The zero-order chi connectivity index (χ0) is 12.6. The lowest BCUT2D eigenvalue weighted by atomic mass is 10.2. The molecule has 0 bridgehead atoms. The van der Waals surface area contributed by atoms with Crippen LogP contribution in [0.1, 0.15) is 13.3 Å². The predicted molar refractivity (Wildman–Crippen MR) is 59.0 cm³/mol. The molecular formula is C11H11FN2O3. The Labute approximate surface area is 96.8 Å². The van der Waals surface area contributed by atoms with E-state index < -0.39 is 16.4 Å². The topological polar surface area (TPSA) is 72.2 Å². The third-order valence-corrected chi connectivity index (χ3v) is 2.86. The fourth-order valence-corrected chi connectivity index (χ4v) is 1.65. The third-order valence-electron chi connectivity index (χ3n) is 2.86. The standard InChI is InChI=1S/C11H11FN2O3/c1-6-4-8(6)11(15)13-7-2-3-9(12)10(5-7)14(16)17/h2-3,5-6,8H,4H2,1H3,(H,13,15). The highest BCUT2D eigenvalue weighted by Gasteiger charge is 2.39. The molecule has 2 atom stereocenters. The molecule has 0 saturated heterocycles. The number of nitro benzene ring substituents is 1. The van der Waals surface area contributed by atoms with E-state index in [2.05, 4.69) is 5.32 Å². The summed E-state index contributed by atoms with van der Waals surface area (Å²) in [5.74, 6) is -0.754. The first kappa shape index (κ1) is 11.5. The second-order valence-corrected chi connectivity index (χ2v) is 4.23. The second-order valence-electron chi connectivity index (χ2n) is 4.23. The summed E-state index contributed by atoms with van der Waals surface area (Å²) in [6.45, 7) is 1.96. The molecule has 0 aromatic heterocycles. The molecule has 17 heavy (non-hydrogen) atoms. The Kier molecular flexibility index (Phi) is 2.79. The molecule has 1 fully saturated rings. The minimum atomic E-state index is -0.909. The van der Waals surface area contributed by atoms with Gasteiger partial charge >= 0.3 is 5.69 Å². The highest BCUT2D eigenvalue weighted by Crippen LogP contribution is 2.38. The maximum atomic E-state index is 13.0. The van der Waals surface area contributed by atoms with E-state index in [1.165, 1.54) is 6.07 Å². The van der Waals surface area contributed by atoms with E-state index in [0.717, 1.165) is 18.6 Å². The van der Waals surface area contributed by atoms with Gasteiger partial charge in [0.05, 0.1) is 4.92 Å². The van der Waals surface area contributed by atoms with Crippen molar-refractivity contribution in [1.82, 2.24) is 0 Å². The lowest BCUT2D eigenvalue weighted by Crippen LogP contribution is -2.14. The van der Waals surface area contributed by atoms with Crippen LogP contribution in [0.5, 0.6) is 0 Å². The van der Waals surface area contributed by atoms with Gasteiger partial charge in [0.25, 0.3) is 0 Å². The minimum absolute atomic E-state index is 0.0286. The molecule has 1 saturated carbocycles. The summed E-state index contributed by atoms with van der Waals surface area (Å²) < 4.78 is 13.0. The molecule has 0 aliphatic heterocycles. The van der Waals surface area contributed by atoms with Crippen LogP contribution < -0.4 is 5.32 Å². The van der Waals surface area contributed by atoms with E-state index in [4.69, 9.17) is 0 Å². The molecule has 2 rings (SSSR count). The number of hydrogen-bond donors (Lipinski definition) is 1. The molecule has 1 aromatic rings. The van der Waals surface area contributed by atoms with Gasteiger partial charge in [-0.05, 0) is 24.5 Å². The van der Waals surface area contributed by atoms with E-state index in [9.17, 15) is 19.3 Å². The normalized spacial score (nSPS) is 22.0. The van der Waals surface area contributed by atoms with Crippen molar-refractivity contribution in [2.45, 2.75) is 13.3 Å². The van der Waals surface area contributed by atoms with E-state index >= 15 is 0 Å². The van der Waals surface area contributed by atoms with E-state index in [1.54, 1.807) is 0 Å². The highest BCUT2D eigenvalue weighted by molar-refractivity contribution is 5.94. The molecular weight excluding hydrogens is 227 g/mol. The molecule has 2 unspecified atom stereocenters. The SMILES string of the molecule is CC1CC1C(=O)Nc1ccc(F)c([N+](=O)[O-])c1. The quantitative estimate of drug-likeness (QED) is 0.648. The Morgan fingerprint density at radius 2 is 2.24 bits per heavy atom. The number of halogens is 1. The van der Waals surface area contributed by atoms with Gasteiger partial charge in [-0.2, -0.15) is 4.39 Å². The van der Waals surface area contributed by atoms with Gasteiger partial charge in [-0.3, -0.25) is 14.9 Å². The van der Waals surface area contributed by atoms with Crippen molar-refractivity contribution >= 4 is 17.3 Å². The van der Waals surface area contributed by atoms with Gasteiger partial charge in [-0.1, -0.05) is 6.92 Å². The lowest BCUT2D eigenvalue weighted by Gasteiger charge is -2.04. The highest BCUT2D eigenvalue weighted by atomic mass is 19.1. The first-order valence-electron chi connectivity index (χ1n) is 5.24. The molecule has 0 heterocycles. The van der Waals surface area contributed by atoms with Crippen molar-refractivity contribution in [2.24, 2.45) is 11.8 Å². The number of nitro groups is 1. The molecule has 1 aromatic carbocycles. The van der Waals surface area contributed by atoms with Crippen LogP contribution in [-0.4, -0.2) is 10.8 Å². The fraction of sp³-hybridized carbons (Fsp3) is 0.364. The number of rotatable bonds is 3. The van der Waals surface area contributed by atoms with Crippen LogP contribution in [0.2, 0.25) is 0 Å². The van der Waals surface area contributed by atoms with E-state index in [1.807, 2.05) is 6.92 Å². The molecule has 1 N–H and O–H groups in total. The molecule has 90 valence electrons. The summed E-state index contributed by atoms with van der Waals surface area (Å²) >= 11 is 0. The van der Waals surface area contributed by atoms with Crippen LogP contribution in [0.15, 0.2) is 18.2 Å². The molecule has 5 nitrogen and oxygen atoms in total. The molecule has 1 aliphatic carbocycles.